The van der Waals surface area contributed by atoms with Gasteiger partial charge >= 0.3 is 0 Å². The van der Waals surface area contributed by atoms with Gasteiger partial charge in [-0.2, -0.15) is 0 Å². The molecule has 0 radical (unpaired) electrons. The van der Waals surface area contributed by atoms with Crippen LogP contribution in [0.4, 0.5) is 4.39 Å². The zero-order valence-electron chi connectivity index (χ0n) is 10.7. The van der Waals surface area contributed by atoms with Gasteiger partial charge in [0, 0.05) is 19.7 Å². The van der Waals surface area contributed by atoms with Crippen LogP contribution in [0.3, 0.4) is 0 Å². The van der Waals surface area contributed by atoms with E-state index in [2.05, 4.69) is 10.6 Å². The van der Waals surface area contributed by atoms with Crippen molar-refractivity contribution < 1.29 is 13.9 Å². The molecule has 1 amide bonds. The molecule has 0 bridgehead atoms. The molecule has 0 aliphatic heterocycles. The molecule has 5 heteroatoms. The summed E-state index contributed by atoms with van der Waals surface area (Å²) in [6.07, 6.45) is 0. The third kappa shape index (κ3) is 5.25. The number of rotatable bonds is 7. The molecule has 1 atom stereocenters. The van der Waals surface area contributed by atoms with E-state index in [1.807, 2.05) is 6.92 Å². The van der Waals surface area contributed by atoms with Crippen molar-refractivity contribution in [3.63, 3.8) is 0 Å². The van der Waals surface area contributed by atoms with E-state index in [1.54, 1.807) is 19.2 Å². The van der Waals surface area contributed by atoms with Crippen LogP contribution in [-0.4, -0.2) is 32.7 Å². The molecule has 0 aliphatic carbocycles. The van der Waals surface area contributed by atoms with Gasteiger partial charge < -0.3 is 15.4 Å². The smallest absolute Gasteiger partial charge is 0.234 e. The van der Waals surface area contributed by atoms with Gasteiger partial charge in [0.15, 0.2) is 0 Å². The van der Waals surface area contributed by atoms with Gasteiger partial charge in [0.2, 0.25) is 5.91 Å². The maximum atomic E-state index is 12.7. The average molecular weight is 254 g/mol. The topological polar surface area (TPSA) is 50.4 Å². The number of carbonyl (C=O) groups excluding carboxylic acids is 1. The lowest BCUT2D eigenvalue weighted by Gasteiger charge is -2.14. The van der Waals surface area contributed by atoms with Crippen molar-refractivity contribution in [2.24, 2.45) is 0 Å². The Bertz CT molecular complexity index is 368. The first-order chi connectivity index (χ1) is 8.63. The molecule has 18 heavy (non-hydrogen) atoms. The van der Waals surface area contributed by atoms with Crippen LogP contribution in [0.5, 0.6) is 0 Å². The highest BCUT2D eigenvalue weighted by atomic mass is 19.1. The number of benzene rings is 1. The van der Waals surface area contributed by atoms with Gasteiger partial charge in [-0.15, -0.1) is 0 Å². The van der Waals surface area contributed by atoms with E-state index in [0.29, 0.717) is 13.2 Å². The summed E-state index contributed by atoms with van der Waals surface area (Å²) in [6, 6.07) is 6.23. The largest absolute Gasteiger partial charge is 0.383 e. The van der Waals surface area contributed by atoms with E-state index in [0.717, 1.165) is 5.56 Å². The minimum Gasteiger partial charge on any atom is -0.383 e. The molecular formula is C13H19FN2O2. The molecule has 0 heterocycles. The number of amides is 1. The first-order valence-electron chi connectivity index (χ1n) is 5.88. The number of halogens is 1. The Kier molecular flexibility index (Phi) is 6.32. The first kappa shape index (κ1) is 14.6. The highest BCUT2D eigenvalue weighted by molar-refractivity contribution is 5.78. The highest BCUT2D eigenvalue weighted by Gasteiger charge is 2.07. The molecule has 4 nitrogen and oxygen atoms in total. The first-order valence-corrected chi connectivity index (χ1v) is 5.88. The maximum absolute atomic E-state index is 12.7. The second-order valence-corrected chi connectivity index (χ2v) is 4.00. The number of carbonyl (C=O) groups is 1. The molecule has 1 unspecified atom stereocenters. The number of methoxy groups -OCH3 is 1. The fourth-order valence-electron chi connectivity index (χ4n) is 1.47. The van der Waals surface area contributed by atoms with E-state index in [-0.39, 0.29) is 24.3 Å². The lowest BCUT2D eigenvalue weighted by molar-refractivity contribution is -0.120. The van der Waals surface area contributed by atoms with Gasteiger partial charge in [-0.05, 0) is 24.6 Å². The third-order valence-electron chi connectivity index (χ3n) is 2.57. The van der Waals surface area contributed by atoms with E-state index >= 15 is 0 Å². The molecule has 2 N–H and O–H groups in total. The summed E-state index contributed by atoms with van der Waals surface area (Å²) in [5.41, 5.74) is 0.945. The van der Waals surface area contributed by atoms with E-state index in [9.17, 15) is 9.18 Å². The summed E-state index contributed by atoms with van der Waals surface area (Å²) < 4.78 is 17.6. The fraction of sp³-hybridized carbons (Fsp3) is 0.462. The number of nitrogens with one attached hydrogen (secondary N) is 2. The van der Waals surface area contributed by atoms with Crippen molar-refractivity contribution in [3.05, 3.63) is 35.6 Å². The molecule has 1 rings (SSSR count). The Morgan fingerprint density at radius 3 is 2.67 bits per heavy atom. The molecule has 0 saturated carbocycles. The molecule has 0 aliphatic rings. The molecule has 0 fully saturated rings. The molecular weight excluding hydrogens is 235 g/mol. The zero-order chi connectivity index (χ0) is 13.4. The number of hydrogen-bond donors (Lipinski definition) is 2. The lowest BCUT2D eigenvalue weighted by atomic mass is 10.1. The van der Waals surface area contributed by atoms with Gasteiger partial charge in [-0.1, -0.05) is 12.1 Å². The van der Waals surface area contributed by atoms with Crippen LogP contribution in [0, 0.1) is 5.82 Å². The summed E-state index contributed by atoms with van der Waals surface area (Å²) >= 11 is 0. The predicted octanol–water partition coefficient (Wildman–Crippen LogP) is 1.24. The van der Waals surface area contributed by atoms with Crippen LogP contribution < -0.4 is 10.6 Å². The van der Waals surface area contributed by atoms with Gasteiger partial charge in [0.25, 0.3) is 0 Å². The van der Waals surface area contributed by atoms with Crippen molar-refractivity contribution in [2.75, 3.05) is 26.8 Å². The number of ether oxygens (including phenoxy) is 1. The Morgan fingerprint density at radius 2 is 2.06 bits per heavy atom. The molecule has 0 aromatic heterocycles. The van der Waals surface area contributed by atoms with Crippen LogP contribution in [0.25, 0.3) is 0 Å². The second kappa shape index (κ2) is 7.79. The fourth-order valence-corrected chi connectivity index (χ4v) is 1.47. The third-order valence-corrected chi connectivity index (χ3v) is 2.57. The average Bonchev–Trinajstić information content (AvgIpc) is 2.37. The minimum atomic E-state index is -0.261. The van der Waals surface area contributed by atoms with E-state index < -0.39 is 0 Å². The molecule has 1 aromatic carbocycles. The normalized spacial score (nSPS) is 12.2. The molecule has 100 valence electrons. The summed E-state index contributed by atoms with van der Waals surface area (Å²) in [6.45, 7) is 3.15. The Labute approximate surface area is 107 Å². The highest BCUT2D eigenvalue weighted by Crippen LogP contribution is 2.12. The minimum absolute atomic E-state index is 0.00113. The molecule has 0 saturated heterocycles. The van der Waals surface area contributed by atoms with Crippen LogP contribution in [-0.2, 0) is 9.53 Å². The summed E-state index contributed by atoms with van der Waals surface area (Å²) in [5.74, 6) is -0.343. The lowest BCUT2D eigenvalue weighted by Crippen LogP contribution is -2.36. The van der Waals surface area contributed by atoms with Crippen LogP contribution in [0.2, 0.25) is 0 Å². The second-order valence-electron chi connectivity index (χ2n) is 4.00. The van der Waals surface area contributed by atoms with Crippen molar-refractivity contribution in [2.45, 2.75) is 13.0 Å². The SMILES string of the molecule is COCCNC(=O)CNC(C)c1ccc(F)cc1. The van der Waals surface area contributed by atoms with Gasteiger partial charge in [0.1, 0.15) is 5.82 Å². The number of hydrogen-bond acceptors (Lipinski definition) is 3. The zero-order valence-corrected chi connectivity index (χ0v) is 10.7. The summed E-state index contributed by atoms with van der Waals surface area (Å²) in [7, 11) is 1.58. The summed E-state index contributed by atoms with van der Waals surface area (Å²) in [4.78, 5) is 11.4. The summed E-state index contributed by atoms with van der Waals surface area (Å²) in [5, 5.41) is 5.78. The molecule has 0 spiro atoms. The van der Waals surface area contributed by atoms with Gasteiger partial charge in [0.05, 0.1) is 13.2 Å². The van der Waals surface area contributed by atoms with Crippen molar-refractivity contribution in [3.8, 4) is 0 Å². The van der Waals surface area contributed by atoms with Crippen molar-refractivity contribution >= 4 is 5.91 Å². The van der Waals surface area contributed by atoms with Gasteiger partial charge in [-0.25, -0.2) is 4.39 Å². The van der Waals surface area contributed by atoms with E-state index in [1.165, 1.54) is 12.1 Å². The maximum Gasteiger partial charge on any atom is 0.234 e. The monoisotopic (exact) mass is 254 g/mol. The molecule has 1 aromatic rings. The van der Waals surface area contributed by atoms with Crippen molar-refractivity contribution in [1.82, 2.24) is 10.6 Å². The Balaban J connectivity index is 2.30. The van der Waals surface area contributed by atoms with Crippen LogP contribution in [0.15, 0.2) is 24.3 Å². The van der Waals surface area contributed by atoms with Gasteiger partial charge in [-0.3, -0.25) is 4.79 Å². The predicted molar refractivity (Wildman–Crippen MR) is 67.7 cm³/mol. The Morgan fingerprint density at radius 1 is 1.39 bits per heavy atom. The quantitative estimate of drug-likeness (QED) is 0.720. The van der Waals surface area contributed by atoms with Crippen molar-refractivity contribution in [1.29, 1.82) is 0 Å². The standard InChI is InChI=1S/C13H19FN2O2/c1-10(11-3-5-12(14)6-4-11)16-9-13(17)15-7-8-18-2/h3-6,10,16H,7-9H2,1-2H3,(H,15,17). The van der Waals surface area contributed by atoms with Crippen LogP contribution in [0.1, 0.15) is 18.5 Å². The Hall–Kier alpha value is -1.46. The van der Waals surface area contributed by atoms with Crippen LogP contribution >= 0.6 is 0 Å². The van der Waals surface area contributed by atoms with E-state index in [4.69, 9.17) is 4.74 Å².